The molecule has 0 spiro atoms. The Morgan fingerprint density at radius 1 is 1.42 bits per heavy atom. The lowest BCUT2D eigenvalue weighted by atomic mass is 10.3. The van der Waals surface area contributed by atoms with E-state index in [0.717, 1.165) is 0 Å². The molecule has 70 valence electrons. The van der Waals surface area contributed by atoms with Gasteiger partial charge in [0.25, 0.3) is 10.1 Å². The van der Waals surface area contributed by atoms with Crippen LogP contribution in [-0.4, -0.2) is 38.6 Å². The first kappa shape index (κ1) is 9.69. The van der Waals surface area contributed by atoms with Crippen molar-refractivity contribution in [3.8, 4) is 0 Å². The summed E-state index contributed by atoms with van der Waals surface area (Å²) in [5.41, 5.74) is 0.549. The molecule has 1 saturated heterocycles. The fourth-order valence-corrected chi connectivity index (χ4v) is 2.59. The molecule has 1 aliphatic rings. The fraction of sp³-hybridized carbons (Fsp3) is 0.600. The van der Waals surface area contributed by atoms with E-state index in [0.29, 0.717) is 5.57 Å². The molecule has 12 heavy (non-hydrogen) atoms. The van der Waals surface area contributed by atoms with Gasteiger partial charge in [-0.1, -0.05) is 6.08 Å². The summed E-state index contributed by atoms with van der Waals surface area (Å²) in [5.74, 6) is -0.664. The van der Waals surface area contributed by atoms with Crippen LogP contribution >= 0.6 is 0 Å². The Morgan fingerprint density at radius 3 is 2.25 bits per heavy atom. The molecule has 1 N–H and O–H groups in total. The highest BCUT2D eigenvalue weighted by atomic mass is 32.2. The highest BCUT2D eigenvalue weighted by Crippen LogP contribution is 2.16. The van der Waals surface area contributed by atoms with E-state index >= 15 is 0 Å². The third-order valence-corrected chi connectivity index (χ3v) is 3.60. The summed E-state index contributed by atoms with van der Waals surface area (Å²) in [7, 11) is -6.95. The van der Waals surface area contributed by atoms with Crippen molar-refractivity contribution in [2.45, 2.75) is 0 Å². The normalized spacial score (nSPS) is 21.6. The van der Waals surface area contributed by atoms with Crippen LogP contribution in [0.4, 0.5) is 0 Å². The topological polar surface area (TPSA) is 88.5 Å². The van der Waals surface area contributed by atoms with Crippen LogP contribution in [0.3, 0.4) is 0 Å². The van der Waals surface area contributed by atoms with E-state index in [4.69, 9.17) is 4.55 Å². The molecule has 0 unspecified atom stereocenters. The minimum atomic E-state index is -4.00. The molecule has 0 bridgehead atoms. The summed E-state index contributed by atoms with van der Waals surface area (Å²) in [6, 6.07) is 0. The van der Waals surface area contributed by atoms with E-state index in [9.17, 15) is 16.8 Å². The van der Waals surface area contributed by atoms with Crippen LogP contribution in [0.2, 0.25) is 0 Å². The van der Waals surface area contributed by atoms with Gasteiger partial charge in [0, 0.05) is 0 Å². The number of rotatable bonds is 2. The first-order valence-electron chi connectivity index (χ1n) is 3.12. The lowest BCUT2D eigenvalue weighted by molar-refractivity contribution is 0.486. The molecule has 0 atom stereocenters. The predicted octanol–water partition coefficient (Wildman–Crippen LogP) is -0.771. The van der Waals surface area contributed by atoms with Crippen molar-refractivity contribution in [3.05, 3.63) is 11.6 Å². The smallest absolute Gasteiger partial charge is 0.268 e. The number of sulfone groups is 1. The van der Waals surface area contributed by atoms with Crippen LogP contribution in [0, 0.1) is 0 Å². The van der Waals surface area contributed by atoms with Gasteiger partial charge in [0.2, 0.25) is 0 Å². The van der Waals surface area contributed by atoms with Crippen LogP contribution in [0.25, 0.3) is 0 Å². The maximum Gasteiger partial charge on any atom is 0.268 e. The first-order valence-corrected chi connectivity index (χ1v) is 6.55. The van der Waals surface area contributed by atoms with E-state index in [-0.39, 0.29) is 11.5 Å². The van der Waals surface area contributed by atoms with Crippen LogP contribution in [0.5, 0.6) is 0 Å². The molecular formula is C5H8O5S2. The average Bonchev–Trinajstić information content (AvgIpc) is 1.76. The molecule has 0 amide bonds. The third kappa shape index (κ3) is 2.92. The Labute approximate surface area is 70.8 Å². The van der Waals surface area contributed by atoms with Crippen molar-refractivity contribution in [3.63, 3.8) is 0 Å². The summed E-state index contributed by atoms with van der Waals surface area (Å²) < 4.78 is 49.8. The maximum absolute atomic E-state index is 10.6. The Kier molecular flexibility index (Phi) is 2.28. The van der Waals surface area contributed by atoms with E-state index in [1.165, 1.54) is 6.08 Å². The van der Waals surface area contributed by atoms with Crippen molar-refractivity contribution in [2.75, 3.05) is 17.3 Å². The van der Waals surface area contributed by atoms with Gasteiger partial charge in [-0.2, -0.15) is 8.42 Å². The van der Waals surface area contributed by atoms with Crippen LogP contribution in [0.15, 0.2) is 11.6 Å². The van der Waals surface area contributed by atoms with Gasteiger partial charge >= 0.3 is 0 Å². The first-order chi connectivity index (χ1) is 5.29. The molecule has 0 saturated carbocycles. The lowest BCUT2D eigenvalue weighted by Crippen LogP contribution is -2.28. The minimum absolute atomic E-state index is 0.0808. The number of hydrogen-bond donors (Lipinski definition) is 1. The fourth-order valence-electron chi connectivity index (χ4n) is 0.864. The summed E-state index contributed by atoms with van der Waals surface area (Å²) in [4.78, 5) is 0. The largest absolute Gasteiger partial charge is 0.285 e. The second-order valence-corrected chi connectivity index (χ2v) is 6.20. The van der Waals surface area contributed by atoms with E-state index in [1.54, 1.807) is 0 Å². The summed E-state index contributed by atoms with van der Waals surface area (Å²) in [5, 5.41) is 0. The maximum atomic E-state index is 10.6. The Balaban J connectivity index is 2.55. The standard InChI is InChI=1S/C5H8O5S2/c6-11(7)3-5(4-11)1-2-12(8,9)10/h1H,2-4H2,(H,8,9,10). The lowest BCUT2D eigenvalue weighted by Gasteiger charge is -2.16. The number of hydrogen-bond acceptors (Lipinski definition) is 4. The quantitative estimate of drug-likeness (QED) is 0.479. The molecule has 1 fully saturated rings. The molecular weight excluding hydrogens is 204 g/mol. The van der Waals surface area contributed by atoms with Gasteiger partial charge in [-0.3, -0.25) is 4.55 Å². The molecule has 1 heterocycles. The van der Waals surface area contributed by atoms with Gasteiger partial charge in [-0.15, -0.1) is 0 Å². The van der Waals surface area contributed by atoms with Crippen molar-refractivity contribution in [1.82, 2.24) is 0 Å². The second kappa shape index (κ2) is 2.82. The van der Waals surface area contributed by atoms with Gasteiger partial charge in [-0.05, 0) is 5.57 Å². The molecule has 0 aromatic rings. The minimum Gasteiger partial charge on any atom is -0.285 e. The Hall–Kier alpha value is -0.400. The molecule has 1 rings (SSSR count). The summed E-state index contributed by atoms with van der Waals surface area (Å²) in [6.45, 7) is 0. The van der Waals surface area contributed by atoms with E-state index < -0.39 is 25.7 Å². The molecule has 1 aliphatic heterocycles. The zero-order chi connectivity index (χ0) is 9.41. The van der Waals surface area contributed by atoms with Gasteiger partial charge in [0.05, 0.1) is 17.3 Å². The third-order valence-electron chi connectivity index (χ3n) is 1.39. The van der Waals surface area contributed by atoms with E-state index in [2.05, 4.69) is 0 Å². The van der Waals surface area contributed by atoms with Crippen molar-refractivity contribution < 1.29 is 21.4 Å². The van der Waals surface area contributed by atoms with Crippen LogP contribution < -0.4 is 0 Å². The monoisotopic (exact) mass is 212 g/mol. The van der Waals surface area contributed by atoms with Crippen molar-refractivity contribution in [1.29, 1.82) is 0 Å². The molecule has 0 aliphatic carbocycles. The molecule has 0 radical (unpaired) electrons. The van der Waals surface area contributed by atoms with Gasteiger partial charge in [0.1, 0.15) is 0 Å². The zero-order valence-corrected chi connectivity index (χ0v) is 7.73. The average molecular weight is 212 g/mol. The molecule has 7 heteroatoms. The summed E-state index contributed by atoms with van der Waals surface area (Å²) >= 11 is 0. The SMILES string of the molecule is O=S(=O)(O)CC=C1CS(=O)(=O)C1. The Bertz CT molecular complexity index is 385. The molecule has 0 aromatic carbocycles. The Morgan fingerprint density at radius 2 is 1.92 bits per heavy atom. The molecule has 0 aromatic heterocycles. The van der Waals surface area contributed by atoms with Crippen molar-refractivity contribution >= 4 is 20.0 Å². The van der Waals surface area contributed by atoms with Gasteiger partial charge in [0.15, 0.2) is 9.84 Å². The predicted molar refractivity (Wildman–Crippen MR) is 43.2 cm³/mol. The van der Waals surface area contributed by atoms with Gasteiger partial charge < -0.3 is 0 Å². The second-order valence-electron chi connectivity index (χ2n) is 2.64. The van der Waals surface area contributed by atoms with Gasteiger partial charge in [-0.25, -0.2) is 8.42 Å². The van der Waals surface area contributed by atoms with Crippen LogP contribution in [0.1, 0.15) is 0 Å². The highest BCUT2D eigenvalue weighted by Gasteiger charge is 2.26. The van der Waals surface area contributed by atoms with E-state index in [1.807, 2.05) is 0 Å². The molecule has 5 nitrogen and oxygen atoms in total. The summed E-state index contributed by atoms with van der Waals surface area (Å²) in [6.07, 6.45) is 1.23. The van der Waals surface area contributed by atoms with Crippen LogP contribution in [-0.2, 0) is 20.0 Å². The van der Waals surface area contributed by atoms with Crippen molar-refractivity contribution in [2.24, 2.45) is 0 Å². The highest BCUT2D eigenvalue weighted by molar-refractivity contribution is 7.93. The zero-order valence-electron chi connectivity index (χ0n) is 6.10.